The molecular weight excluding hydrogens is 272 g/mol. The molecule has 0 heterocycles. The Morgan fingerprint density at radius 2 is 1.50 bits per heavy atom. The molecular formula is C17H15ClO2. The topological polar surface area (TPSA) is 37.3 Å². The van der Waals surface area contributed by atoms with Gasteiger partial charge in [0.15, 0.2) is 0 Å². The zero-order valence-corrected chi connectivity index (χ0v) is 11.7. The van der Waals surface area contributed by atoms with Crippen molar-refractivity contribution in [1.29, 1.82) is 0 Å². The Labute approximate surface area is 123 Å². The minimum atomic E-state index is -1.08. The number of carboxylic acid groups (broad SMARTS) is 1. The van der Waals surface area contributed by atoms with Gasteiger partial charge in [0.1, 0.15) is 5.03 Å². The summed E-state index contributed by atoms with van der Waals surface area (Å²) in [6, 6.07) is 19.4. The zero-order chi connectivity index (χ0) is 14.4. The first-order valence-corrected chi connectivity index (χ1v) is 6.77. The third-order valence-electron chi connectivity index (χ3n) is 3.08. The molecule has 0 aliphatic rings. The molecule has 2 aromatic carbocycles. The second-order valence-electron chi connectivity index (χ2n) is 4.45. The van der Waals surface area contributed by atoms with E-state index < -0.39 is 5.97 Å². The van der Waals surface area contributed by atoms with E-state index in [-0.39, 0.29) is 5.03 Å². The molecule has 1 N–H and O–H groups in total. The van der Waals surface area contributed by atoms with E-state index in [2.05, 4.69) is 0 Å². The number of carboxylic acids is 1. The molecule has 0 radical (unpaired) electrons. The fraction of sp³-hybridized carbons (Fsp3) is 0.118. The molecule has 0 saturated heterocycles. The first-order chi connectivity index (χ1) is 9.68. The molecule has 0 amide bonds. The maximum absolute atomic E-state index is 11.1. The second kappa shape index (κ2) is 6.92. The highest BCUT2D eigenvalue weighted by molar-refractivity contribution is 6.44. The molecule has 0 atom stereocenters. The monoisotopic (exact) mass is 286 g/mol. The van der Waals surface area contributed by atoms with Gasteiger partial charge in [0, 0.05) is 0 Å². The van der Waals surface area contributed by atoms with Crippen molar-refractivity contribution in [2.45, 2.75) is 12.8 Å². The van der Waals surface area contributed by atoms with Gasteiger partial charge in [-0.25, -0.2) is 4.79 Å². The van der Waals surface area contributed by atoms with Gasteiger partial charge < -0.3 is 5.11 Å². The summed E-state index contributed by atoms with van der Waals surface area (Å²) in [6.45, 7) is 0. The summed E-state index contributed by atoms with van der Waals surface area (Å²) in [5.74, 6) is -1.08. The Balaban J connectivity index is 2.25. The Bertz CT molecular complexity index is 603. The number of rotatable bonds is 5. The smallest absolute Gasteiger partial charge is 0.347 e. The summed E-state index contributed by atoms with van der Waals surface area (Å²) in [4.78, 5) is 11.1. The first-order valence-electron chi connectivity index (χ1n) is 6.40. The molecule has 3 heteroatoms. The lowest BCUT2D eigenvalue weighted by molar-refractivity contribution is -0.131. The third-order valence-corrected chi connectivity index (χ3v) is 3.47. The van der Waals surface area contributed by atoms with Crippen LogP contribution < -0.4 is 0 Å². The number of halogens is 1. The van der Waals surface area contributed by atoms with Crippen LogP contribution in [0.1, 0.15) is 17.5 Å². The quantitative estimate of drug-likeness (QED) is 0.830. The predicted molar refractivity (Wildman–Crippen MR) is 81.6 cm³/mol. The van der Waals surface area contributed by atoms with E-state index >= 15 is 0 Å². The number of hydrogen-bond acceptors (Lipinski definition) is 1. The van der Waals surface area contributed by atoms with E-state index in [4.69, 9.17) is 16.7 Å². The van der Waals surface area contributed by atoms with Crippen LogP contribution in [0.2, 0.25) is 0 Å². The van der Waals surface area contributed by atoms with Crippen molar-refractivity contribution in [3.63, 3.8) is 0 Å². The van der Waals surface area contributed by atoms with Crippen LogP contribution in [0.3, 0.4) is 0 Å². The van der Waals surface area contributed by atoms with Crippen molar-refractivity contribution in [2.75, 3.05) is 0 Å². The Hall–Kier alpha value is -2.06. The lowest BCUT2D eigenvalue weighted by atomic mass is 9.98. The van der Waals surface area contributed by atoms with Gasteiger partial charge in [0.05, 0.1) is 0 Å². The van der Waals surface area contributed by atoms with Gasteiger partial charge in [0.25, 0.3) is 0 Å². The summed E-state index contributed by atoms with van der Waals surface area (Å²) in [6.07, 6.45) is 1.35. The van der Waals surface area contributed by atoms with Gasteiger partial charge in [-0.15, -0.1) is 0 Å². The fourth-order valence-electron chi connectivity index (χ4n) is 2.06. The van der Waals surface area contributed by atoms with Crippen LogP contribution in [0, 0.1) is 0 Å². The van der Waals surface area contributed by atoms with Crippen LogP contribution in [0.4, 0.5) is 0 Å². The number of benzene rings is 2. The minimum Gasteiger partial charge on any atom is -0.477 e. The summed E-state index contributed by atoms with van der Waals surface area (Å²) in [5, 5.41) is 9.02. The average molecular weight is 287 g/mol. The largest absolute Gasteiger partial charge is 0.477 e. The molecule has 0 fully saturated rings. The van der Waals surface area contributed by atoms with Gasteiger partial charge >= 0.3 is 5.97 Å². The van der Waals surface area contributed by atoms with E-state index in [0.29, 0.717) is 12.0 Å². The van der Waals surface area contributed by atoms with Gasteiger partial charge in [-0.05, 0) is 29.5 Å². The Morgan fingerprint density at radius 3 is 2.05 bits per heavy atom. The van der Waals surface area contributed by atoms with Crippen molar-refractivity contribution >= 4 is 23.1 Å². The van der Waals surface area contributed by atoms with Crippen molar-refractivity contribution < 1.29 is 9.90 Å². The molecule has 0 aliphatic heterocycles. The summed E-state index contributed by atoms with van der Waals surface area (Å²) in [5.41, 5.74) is 2.69. The maximum atomic E-state index is 11.1. The van der Waals surface area contributed by atoms with Crippen LogP contribution in [-0.2, 0) is 11.2 Å². The number of aliphatic carboxylic acids is 1. The van der Waals surface area contributed by atoms with Gasteiger partial charge in [0.2, 0.25) is 0 Å². The molecule has 2 aromatic rings. The summed E-state index contributed by atoms with van der Waals surface area (Å²) >= 11 is 5.96. The molecule has 2 nitrogen and oxygen atoms in total. The van der Waals surface area contributed by atoms with E-state index in [0.717, 1.165) is 17.5 Å². The van der Waals surface area contributed by atoms with Crippen LogP contribution in [0.25, 0.3) is 5.57 Å². The minimum absolute atomic E-state index is 0.105. The molecule has 102 valence electrons. The van der Waals surface area contributed by atoms with E-state index in [1.807, 2.05) is 60.7 Å². The number of aryl methyl sites for hydroxylation is 1. The molecule has 20 heavy (non-hydrogen) atoms. The molecule has 2 rings (SSSR count). The lowest BCUT2D eigenvalue weighted by Crippen LogP contribution is -2.00. The van der Waals surface area contributed by atoms with Crippen molar-refractivity contribution in [3.05, 3.63) is 76.8 Å². The highest BCUT2D eigenvalue weighted by atomic mass is 35.5. The standard InChI is InChI=1S/C17H15ClO2/c18-16(17(19)20)15(14-9-5-2-6-10-14)12-11-13-7-3-1-4-8-13/h1-10H,11-12H2,(H,19,20). The van der Waals surface area contributed by atoms with Gasteiger partial charge in [-0.3, -0.25) is 0 Å². The van der Waals surface area contributed by atoms with Crippen LogP contribution in [0.5, 0.6) is 0 Å². The average Bonchev–Trinajstić information content (AvgIpc) is 2.49. The van der Waals surface area contributed by atoms with Crippen LogP contribution in [0.15, 0.2) is 65.7 Å². The number of hydrogen-bond donors (Lipinski definition) is 1. The third kappa shape index (κ3) is 3.72. The lowest BCUT2D eigenvalue weighted by Gasteiger charge is -2.09. The highest BCUT2D eigenvalue weighted by Gasteiger charge is 2.13. The first kappa shape index (κ1) is 14.4. The van der Waals surface area contributed by atoms with Gasteiger partial charge in [-0.2, -0.15) is 0 Å². The SMILES string of the molecule is O=C(O)C(Cl)=C(CCc1ccccc1)c1ccccc1. The fourth-order valence-corrected chi connectivity index (χ4v) is 2.27. The Kier molecular flexibility index (Phi) is 4.97. The molecule has 0 bridgehead atoms. The summed E-state index contributed by atoms with van der Waals surface area (Å²) in [7, 11) is 0. The zero-order valence-electron chi connectivity index (χ0n) is 10.9. The molecule has 0 aromatic heterocycles. The molecule has 0 unspecified atom stereocenters. The number of allylic oxidation sites excluding steroid dienone is 1. The number of carbonyl (C=O) groups is 1. The van der Waals surface area contributed by atoms with E-state index in [9.17, 15) is 4.79 Å². The predicted octanol–water partition coefficient (Wildman–Crippen LogP) is 4.35. The molecule has 0 aliphatic carbocycles. The maximum Gasteiger partial charge on any atom is 0.347 e. The van der Waals surface area contributed by atoms with Crippen molar-refractivity contribution in [2.24, 2.45) is 0 Å². The van der Waals surface area contributed by atoms with Crippen molar-refractivity contribution in [3.8, 4) is 0 Å². The normalized spacial score (nSPS) is 11.8. The summed E-state index contributed by atoms with van der Waals surface area (Å²) < 4.78 is 0. The Morgan fingerprint density at radius 1 is 0.950 bits per heavy atom. The van der Waals surface area contributed by atoms with Crippen LogP contribution >= 0.6 is 11.6 Å². The highest BCUT2D eigenvalue weighted by Crippen LogP contribution is 2.26. The van der Waals surface area contributed by atoms with Gasteiger partial charge in [-0.1, -0.05) is 72.3 Å². The van der Waals surface area contributed by atoms with E-state index in [1.54, 1.807) is 0 Å². The van der Waals surface area contributed by atoms with Crippen LogP contribution in [-0.4, -0.2) is 11.1 Å². The molecule has 0 saturated carbocycles. The molecule has 0 spiro atoms. The van der Waals surface area contributed by atoms with E-state index in [1.165, 1.54) is 0 Å². The van der Waals surface area contributed by atoms with Crippen molar-refractivity contribution in [1.82, 2.24) is 0 Å². The second-order valence-corrected chi connectivity index (χ2v) is 4.83.